The lowest BCUT2D eigenvalue weighted by Crippen LogP contribution is -2.29. The van der Waals surface area contributed by atoms with Gasteiger partial charge in [-0.1, -0.05) is 27.2 Å². The number of unbranched alkanes of at least 4 members (excludes halogenated alkanes) is 1. The van der Waals surface area contributed by atoms with E-state index < -0.39 is 11.8 Å². The summed E-state index contributed by atoms with van der Waals surface area (Å²) in [6.07, 6.45) is 2.49. The topological polar surface area (TPSA) is 35.5 Å². The lowest BCUT2D eigenvalue weighted by Gasteiger charge is -2.24. The Morgan fingerprint density at radius 3 is 2.40 bits per heavy atom. The Morgan fingerprint density at radius 1 is 1.33 bits per heavy atom. The summed E-state index contributed by atoms with van der Waals surface area (Å²) >= 11 is 0. The normalized spacial score (nSPS) is 11.6. The number of rotatable bonds is 6. The first-order chi connectivity index (χ1) is 6.87. The Morgan fingerprint density at radius 2 is 1.93 bits per heavy atom. The van der Waals surface area contributed by atoms with E-state index in [1.54, 1.807) is 0 Å². The molecule has 0 saturated carbocycles. The van der Waals surface area contributed by atoms with Crippen LogP contribution in [0.2, 0.25) is 0 Å². The molecule has 0 unspecified atom stereocenters. The van der Waals surface area contributed by atoms with Gasteiger partial charge in [-0.05, 0) is 32.6 Å². The highest BCUT2D eigenvalue weighted by atomic mass is 16.7. The smallest absolute Gasteiger partial charge is 0.434 e. The van der Waals surface area contributed by atoms with Crippen LogP contribution in [0.1, 0.15) is 53.9 Å². The minimum atomic E-state index is -0.551. The number of ether oxygens (including phenoxy) is 2. The molecule has 0 aromatic heterocycles. The van der Waals surface area contributed by atoms with Crippen LogP contribution >= 0.6 is 0 Å². The molecule has 0 fully saturated rings. The molecular weight excluding hydrogens is 192 g/mol. The molecule has 0 N–H and O–H groups in total. The van der Waals surface area contributed by atoms with Crippen LogP contribution in [0.25, 0.3) is 0 Å². The quantitative estimate of drug-likeness (QED) is 0.634. The first-order valence-corrected chi connectivity index (χ1v) is 5.73. The van der Waals surface area contributed by atoms with Gasteiger partial charge in [0.2, 0.25) is 0 Å². The Hall–Kier alpha value is -0.730. The second-order valence-corrected chi connectivity index (χ2v) is 4.92. The summed E-state index contributed by atoms with van der Waals surface area (Å²) < 4.78 is 10.2. The molecule has 0 radical (unpaired) electrons. The van der Waals surface area contributed by atoms with Crippen molar-refractivity contribution in [3.8, 4) is 0 Å². The van der Waals surface area contributed by atoms with Crippen molar-refractivity contribution in [2.45, 2.75) is 59.5 Å². The highest BCUT2D eigenvalue weighted by Crippen LogP contribution is 2.18. The number of carbonyl (C=O) groups is 1. The minimum Gasteiger partial charge on any atom is -0.434 e. The highest BCUT2D eigenvalue weighted by Gasteiger charge is 2.23. The standard InChI is InChI=1S/C12H24O3/c1-6-7-8-12(4,5)15-11(13)14-9-10(2)3/h10H,6-9H2,1-5H3. The summed E-state index contributed by atoms with van der Waals surface area (Å²) in [4.78, 5) is 11.3. The van der Waals surface area contributed by atoms with Crippen molar-refractivity contribution in [3.63, 3.8) is 0 Å². The summed E-state index contributed by atoms with van der Waals surface area (Å²) in [7, 11) is 0. The third-order valence-electron chi connectivity index (χ3n) is 2.03. The van der Waals surface area contributed by atoms with Crippen molar-refractivity contribution in [3.05, 3.63) is 0 Å². The van der Waals surface area contributed by atoms with Crippen LogP contribution in [0.4, 0.5) is 4.79 Å². The predicted octanol–water partition coefficient (Wildman–Crippen LogP) is 3.76. The molecule has 0 spiro atoms. The molecular formula is C12H24O3. The lowest BCUT2D eigenvalue weighted by molar-refractivity contribution is -0.0248. The molecule has 0 aliphatic carbocycles. The minimum absolute atomic E-state index is 0.344. The van der Waals surface area contributed by atoms with Crippen LogP contribution in [0.15, 0.2) is 0 Å². The van der Waals surface area contributed by atoms with E-state index in [9.17, 15) is 4.79 Å². The van der Waals surface area contributed by atoms with Gasteiger partial charge in [0.1, 0.15) is 5.60 Å². The van der Waals surface area contributed by atoms with Crippen molar-refractivity contribution in [1.82, 2.24) is 0 Å². The first kappa shape index (κ1) is 14.3. The molecule has 3 heteroatoms. The third kappa shape index (κ3) is 8.28. The van der Waals surface area contributed by atoms with Gasteiger partial charge in [0, 0.05) is 0 Å². The van der Waals surface area contributed by atoms with Crippen LogP contribution in [0.5, 0.6) is 0 Å². The van der Waals surface area contributed by atoms with E-state index in [0.29, 0.717) is 12.5 Å². The first-order valence-electron chi connectivity index (χ1n) is 5.73. The van der Waals surface area contributed by atoms with E-state index in [4.69, 9.17) is 9.47 Å². The van der Waals surface area contributed by atoms with Gasteiger partial charge >= 0.3 is 6.16 Å². The van der Waals surface area contributed by atoms with E-state index in [2.05, 4.69) is 6.92 Å². The summed E-state index contributed by atoms with van der Waals surface area (Å²) in [6, 6.07) is 0. The fourth-order valence-corrected chi connectivity index (χ4v) is 1.14. The van der Waals surface area contributed by atoms with Gasteiger partial charge in [-0.25, -0.2) is 4.79 Å². The predicted molar refractivity (Wildman–Crippen MR) is 60.9 cm³/mol. The van der Waals surface area contributed by atoms with Gasteiger partial charge in [0.05, 0.1) is 6.61 Å². The Balaban J connectivity index is 3.82. The fraction of sp³-hybridized carbons (Fsp3) is 0.917. The van der Waals surface area contributed by atoms with Crippen LogP contribution in [-0.2, 0) is 9.47 Å². The lowest BCUT2D eigenvalue weighted by atomic mass is 10.0. The Bertz CT molecular complexity index is 185. The zero-order chi connectivity index (χ0) is 11.9. The molecule has 15 heavy (non-hydrogen) atoms. The second-order valence-electron chi connectivity index (χ2n) is 4.92. The molecule has 0 bridgehead atoms. The SMILES string of the molecule is CCCCC(C)(C)OC(=O)OCC(C)C. The van der Waals surface area contributed by atoms with E-state index >= 15 is 0 Å². The average molecular weight is 216 g/mol. The molecule has 0 atom stereocenters. The average Bonchev–Trinajstić information content (AvgIpc) is 2.11. The molecule has 0 aliphatic heterocycles. The van der Waals surface area contributed by atoms with Crippen molar-refractivity contribution < 1.29 is 14.3 Å². The Kier molecular flexibility index (Phi) is 6.37. The van der Waals surface area contributed by atoms with Gasteiger partial charge in [0.15, 0.2) is 0 Å². The van der Waals surface area contributed by atoms with Crippen LogP contribution in [0, 0.1) is 5.92 Å². The molecule has 0 aromatic rings. The molecule has 0 aliphatic rings. The molecule has 0 rings (SSSR count). The van der Waals surface area contributed by atoms with E-state index in [0.717, 1.165) is 19.3 Å². The van der Waals surface area contributed by atoms with Crippen LogP contribution in [0.3, 0.4) is 0 Å². The molecule has 3 nitrogen and oxygen atoms in total. The second kappa shape index (κ2) is 6.70. The van der Waals surface area contributed by atoms with Crippen molar-refractivity contribution in [1.29, 1.82) is 0 Å². The van der Waals surface area contributed by atoms with Gasteiger partial charge < -0.3 is 9.47 Å². The monoisotopic (exact) mass is 216 g/mol. The third-order valence-corrected chi connectivity index (χ3v) is 2.03. The maximum absolute atomic E-state index is 11.3. The van der Waals surface area contributed by atoms with Gasteiger partial charge in [-0.15, -0.1) is 0 Å². The molecule has 0 saturated heterocycles. The maximum atomic E-state index is 11.3. The van der Waals surface area contributed by atoms with E-state index in [1.165, 1.54) is 0 Å². The fourth-order valence-electron chi connectivity index (χ4n) is 1.14. The number of hydrogen-bond acceptors (Lipinski definition) is 3. The Labute approximate surface area is 93.1 Å². The highest BCUT2D eigenvalue weighted by molar-refractivity contribution is 5.60. The maximum Gasteiger partial charge on any atom is 0.508 e. The van der Waals surface area contributed by atoms with E-state index in [-0.39, 0.29) is 0 Å². The largest absolute Gasteiger partial charge is 0.508 e. The van der Waals surface area contributed by atoms with E-state index in [1.807, 2.05) is 27.7 Å². The zero-order valence-corrected chi connectivity index (χ0v) is 10.6. The molecule has 0 heterocycles. The molecule has 0 aromatic carbocycles. The number of hydrogen-bond donors (Lipinski definition) is 0. The van der Waals surface area contributed by atoms with Gasteiger partial charge in [-0.3, -0.25) is 0 Å². The summed E-state index contributed by atoms with van der Waals surface area (Å²) in [5.74, 6) is 0.344. The van der Waals surface area contributed by atoms with Crippen molar-refractivity contribution in [2.24, 2.45) is 5.92 Å². The van der Waals surface area contributed by atoms with Gasteiger partial charge in [0.25, 0.3) is 0 Å². The van der Waals surface area contributed by atoms with Crippen molar-refractivity contribution in [2.75, 3.05) is 6.61 Å². The van der Waals surface area contributed by atoms with Crippen LogP contribution < -0.4 is 0 Å². The summed E-state index contributed by atoms with van der Waals surface area (Å²) in [5.41, 5.74) is -0.413. The molecule has 0 amide bonds. The number of carbonyl (C=O) groups excluding carboxylic acids is 1. The van der Waals surface area contributed by atoms with Crippen molar-refractivity contribution >= 4 is 6.16 Å². The summed E-state index contributed by atoms with van der Waals surface area (Å²) in [5, 5.41) is 0. The zero-order valence-electron chi connectivity index (χ0n) is 10.6. The van der Waals surface area contributed by atoms with Gasteiger partial charge in [-0.2, -0.15) is 0 Å². The van der Waals surface area contributed by atoms with Crippen LogP contribution in [-0.4, -0.2) is 18.4 Å². The summed E-state index contributed by atoms with van der Waals surface area (Å²) in [6.45, 7) is 10.4. The molecule has 90 valence electrons.